The SMILES string of the molecule is CCOC(=O)C1CC(NCc2ccc(-c3nnc(-c4ccc(CC(C)C)cc4)o3)cc2)C1. The van der Waals surface area contributed by atoms with Crippen LogP contribution in [0.4, 0.5) is 0 Å². The number of ether oxygens (including phenoxy) is 1. The van der Waals surface area contributed by atoms with Crippen LogP contribution in [0.1, 0.15) is 44.7 Å². The lowest BCUT2D eigenvalue weighted by atomic mass is 9.80. The quantitative estimate of drug-likeness (QED) is 0.477. The van der Waals surface area contributed by atoms with Crippen LogP contribution in [0.5, 0.6) is 0 Å². The van der Waals surface area contributed by atoms with Crippen LogP contribution in [-0.2, 0) is 22.5 Å². The second kappa shape index (κ2) is 10.1. The highest BCUT2D eigenvalue weighted by Crippen LogP contribution is 2.29. The summed E-state index contributed by atoms with van der Waals surface area (Å²) in [5.74, 6) is 1.66. The van der Waals surface area contributed by atoms with Crippen LogP contribution in [-0.4, -0.2) is 28.8 Å². The van der Waals surface area contributed by atoms with Crippen LogP contribution in [0.3, 0.4) is 0 Å². The maximum atomic E-state index is 11.7. The van der Waals surface area contributed by atoms with Gasteiger partial charge >= 0.3 is 5.97 Å². The summed E-state index contributed by atoms with van der Waals surface area (Å²) >= 11 is 0. The molecule has 32 heavy (non-hydrogen) atoms. The number of benzene rings is 2. The highest BCUT2D eigenvalue weighted by Gasteiger charge is 2.35. The summed E-state index contributed by atoms with van der Waals surface area (Å²) < 4.78 is 11.0. The van der Waals surface area contributed by atoms with Crippen LogP contribution >= 0.6 is 0 Å². The second-order valence-corrected chi connectivity index (χ2v) is 8.90. The summed E-state index contributed by atoms with van der Waals surface area (Å²) in [4.78, 5) is 11.7. The Labute approximate surface area is 189 Å². The van der Waals surface area contributed by atoms with E-state index in [-0.39, 0.29) is 11.9 Å². The first kappa shape index (κ1) is 22.2. The highest BCUT2D eigenvalue weighted by molar-refractivity contribution is 5.73. The molecule has 1 heterocycles. The Morgan fingerprint density at radius 3 is 2.09 bits per heavy atom. The summed E-state index contributed by atoms with van der Waals surface area (Å²) in [5.41, 5.74) is 4.31. The fourth-order valence-corrected chi connectivity index (χ4v) is 3.98. The van der Waals surface area contributed by atoms with Gasteiger partial charge in [-0.15, -0.1) is 10.2 Å². The molecule has 0 bridgehead atoms. The Bertz CT molecular complexity index is 1020. The van der Waals surface area contributed by atoms with Gasteiger partial charge in [-0.05, 0) is 67.5 Å². The number of carbonyl (C=O) groups is 1. The number of nitrogens with one attached hydrogen (secondary N) is 1. The summed E-state index contributed by atoms with van der Waals surface area (Å²) in [7, 11) is 0. The van der Waals surface area contributed by atoms with Gasteiger partial charge in [-0.25, -0.2) is 0 Å². The number of rotatable bonds is 9. The molecule has 4 rings (SSSR count). The van der Waals surface area contributed by atoms with Crippen LogP contribution in [0, 0.1) is 11.8 Å². The molecule has 2 aromatic carbocycles. The smallest absolute Gasteiger partial charge is 0.309 e. The zero-order valence-corrected chi connectivity index (χ0v) is 19.0. The highest BCUT2D eigenvalue weighted by atomic mass is 16.5. The average molecular weight is 434 g/mol. The molecule has 6 heteroatoms. The number of hydrogen-bond donors (Lipinski definition) is 1. The van der Waals surface area contributed by atoms with Crippen molar-refractivity contribution >= 4 is 5.97 Å². The topological polar surface area (TPSA) is 77.2 Å². The van der Waals surface area contributed by atoms with Crippen molar-refractivity contribution in [2.45, 2.75) is 52.6 Å². The average Bonchev–Trinajstić information content (AvgIpc) is 3.23. The van der Waals surface area contributed by atoms with Crippen molar-refractivity contribution < 1.29 is 13.9 Å². The molecule has 0 radical (unpaired) electrons. The van der Waals surface area contributed by atoms with Crippen molar-refractivity contribution in [2.24, 2.45) is 11.8 Å². The third-order valence-electron chi connectivity index (χ3n) is 5.82. The molecule has 0 atom stereocenters. The predicted octanol–water partition coefficient (Wildman–Crippen LogP) is 5.03. The number of aromatic nitrogens is 2. The molecule has 6 nitrogen and oxygen atoms in total. The first-order chi connectivity index (χ1) is 15.5. The van der Waals surface area contributed by atoms with Gasteiger partial charge in [0.15, 0.2) is 0 Å². The predicted molar refractivity (Wildman–Crippen MR) is 124 cm³/mol. The number of nitrogens with zero attached hydrogens (tertiary/aromatic N) is 2. The fraction of sp³-hybridized carbons (Fsp3) is 0.423. The molecule has 1 aliphatic rings. The maximum Gasteiger partial charge on any atom is 0.309 e. The molecule has 1 N–H and O–H groups in total. The molecule has 1 saturated carbocycles. The molecule has 0 saturated heterocycles. The van der Waals surface area contributed by atoms with Crippen LogP contribution in [0.25, 0.3) is 22.9 Å². The van der Waals surface area contributed by atoms with Crippen molar-refractivity contribution in [3.8, 4) is 22.9 Å². The summed E-state index contributed by atoms with van der Waals surface area (Å²) in [6, 6.07) is 16.8. The van der Waals surface area contributed by atoms with Crippen LogP contribution < -0.4 is 5.32 Å². The zero-order valence-electron chi connectivity index (χ0n) is 19.0. The first-order valence-corrected chi connectivity index (χ1v) is 11.4. The van der Waals surface area contributed by atoms with E-state index in [0.29, 0.717) is 30.3 Å². The van der Waals surface area contributed by atoms with Gasteiger partial charge in [0, 0.05) is 23.7 Å². The van der Waals surface area contributed by atoms with Crippen molar-refractivity contribution in [1.82, 2.24) is 15.5 Å². The number of esters is 1. The number of hydrogen-bond acceptors (Lipinski definition) is 6. The van der Waals surface area contributed by atoms with Crippen molar-refractivity contribution in [1.29, 1.82) is 0 Å². The van der Waals surface area contributed by atoms with E-state index in [0.717, 1.165) is 36.9 Å². The van der Waals surface area contributed by atoms with Crippen molar-refractivity contribution in [3.05, 3.63) is 59.7 Å². The van der Waals surface area contributed by atoms with Crippen LogP contribution in [0.2, 0.25) is 0 Å². The van der Waals surface area contributed by atoms with E-state index in [1.165, 1.54) is 11.1 Å². The standard InChI is InChI=1S/C26H31N3O3/c1-4-31-26(30)22-14-23(15-22)27-16-19-7-11-21(12-8-19)25-29-28-24(32-25)20-9-5-18(6-10-20)13-17(2)3/h5-12,17,22-23,27H,4,13-16H2,1-3H3. The second-order valence-electron chi connectivity index (χ2n) is 8.90. The van der Waals surface area contributed by atoms with Gasteiger partial charge < -0.3 is 14.5 Å². The Morgan fingerprint density at radius 2 is 1.56 bits per heavy atom. The minimum absolute atomic E-state index is 0.0490. The van der Waals surface area contributed by atoms with Gasteiger partial charge in [0.1, 0.15) is 0 Å². The fourth-order valence-electron chi connectivity index (χ4n) is 3.98. The minimum atomic E-state index is -0.0691. The minimum Gasteiger partial charge on any atom is -0.466 e. The molecule has 1 aromatic heterocycles. The third-order valence-corrected chi connectivity index (χ3v) is 5.82. The summed E-state index contributed by atoms with van der Waals surface area (Å²) in [6.45, 7) is 7.49. The van der Waals surface area contributed by atoms with E-state index < -0.39 is 0 Å². The molecule has 168 valence electrons. The normalized spacial score (nSPS) is 17.9. The number of carbonyl (C=O) groups excluding carboxylic acids is 1. The van der Waals surface area contributed by atoms with Gasteiger partial charge in [0.05, 0.1) is 12.5 Å². The lowest BCUT2D eigenvalue weighted by molar-refractivity contribution is -0.151. The van der Waals surface area contributed by atoms with Crippen molar-refractivity contribution in [2.75, 3.05) is 6.61 Å². The van der Waals surface area contributed by atoms with Crippen LogP contribution in [0.15, 0.2) is 52.9 Å². The van der Waals surface area contributed by atoms with Gasteiger partial charge in [0.25, 0.3) is 0 Å². The Kier molecular flexibility index (Phi) is 7.00. The lowest BCUT2D eigenvalue weighted by Crippen LogP contribution is -2.44. The van der Waals surface area contributed by atoms with E-state index in [4.69, 9.17) is 9.15 Å². The molecular weight excluding hydrogens is 402 g/mol. The molecule has 0 unspecified atom stereocenters. The molecule has 3 aromatic rings. The maximum absolute atomic E-state index is 11.7. The van der Waals surface area contributed by atoms with E-state index in [9.17, 15) is 4.79 Å². The van der Waals surface area contributed by atoms with Gasteiger partial charge in [0.2, 0.25) is 11.8 Å². The molecule has 0 amide bonds. The van der Waals surface area contributed by atoms with Gasteiger partial charge in [-0.2, -0.15) is 0 Å². The molecule has 0 spiro atoms. The zero-order chi connectivity index (χ0) is 22.5. The molecular formula is C26H31N3O3. The largest absolute Gasteiger partial charge is 0.466 e. The lowest BCUT2D eigenvalue weighted by Gasteiger charge is -2.34. The Morgan fingerprint density at radius 1 is 1.00 bits per heavy atom. The van der Waals surface area contributed by atoms with E-state index in [2.05, 4.69) is 53.6 Å². The van der Waals surface area contributed by atoms with Gasteiger partial charge in [-0.3, -0.25) is 4.79 Å². The third kappa shape index (κ3) is 5.43. The van der Waals surface area contributed by atoms with E-state index in [1.807, 2.05) is 31.2 Å². The summed E-state index contributed by atoms with van der Waals surface area (Å²) in [5, 5.41) is 11.9. The van der Waals surface area contributed by atoms with Crippen molar-refractivity contribution in [3.63, 3.8) is 0 Å². The Hall–Kier alpha value is -2.99. The van der Waals surface area contributed by atoms with E-state index >= 15 is 0 Å². The summed E-state index contributed by atoms with van der Waals surface area (Å²) in [6.07, 6.45) is 2.75. The Balaban J connectivity index is 1.30. The monoisotopic (exact) mass is 433 g/mol. The molecule has 0 aliphatic heterocycles. The molecule has 1 aliphatic carbocycles. The molecule has 1 fully saturated rings. The first-order valence-electron chi connectivity index (χ1n) is 11.4. The van der Waals surface area contributed by atoms with Gasteiger partial charge in [-0.1, -0.05) is 38.1 Å². The van der Waals surface area contributed by atoms with E-state index in [1.54, 1.807) is 0 Å².